The number of ether oxygens (including phenoxy) is 2. The summed E-state index contributed by atoms with van der Waals surface area (Å²) < 4.78 is 34.5. The van der Waals surface area contributed by atoms with Gasteiger partial charge in [0, 0.05) is 5.69 Å². The lowest BCUT2D eigenvalue weighted by Gasteiger charge is -2.04. The predicted octanol–water partition coefficient (Wildman–Crippen LogP) is 3.18. The minimum atomic E-state index is -3.57. The Morgan fingerprint density at radius 3 is 2.26 bits per heavy atom. The molecule has 0 fully saturated rings. The van der Waals surface area contributed by atoms with Gasteiger partial charge in [-0.15, -0.1) is 8.78 Å². The van der Waals surface area contributed by atoms with Crippen molar-refractivity contribution >= 4 is 5.69 Å². The molecule has 0 radical (unpaired) electrons. The van der Waals surface area contributed by atoms with Crippen molar-refractivity contribution in [3.8, 4) is 11.5 Å². The topological polar surface area (TPSA) is 44.5 Å². The number of benzene rings is 2. The van der Waals surface area contributed by atoms with E-state index in [0.29, 0.717) is 12.1 Å². The lowest BCUT2D eigenvalue weighted by atomic mass is 10.0. The van der Waals surface area contributed by atoms with Crippen molar-refractivity contribution in [2.45, 2.75) is 12.7 Å². The van der Waals surface area contributed by atoms with Gasteiger partial charge in [0.05, 0.1) is 0 Å². The highest BCUT2D eigenvalue weighted by molar-refractivity contribution is 5.47. The maximum Gasteiger partial charge on any atom is 0.586 e. The molecule has 1 heterocycles. The molecule has 3 nitrogen and oxygen atoms in total. The van der Waals surface area contributed by atoms with Crippen LogP contribution in [0.5, 0.6) is 11.5 Å². The zero-order valence-corrected chi connectivity index (χ0v) is 9.90. The highest BCUT2D eigenvalue weighted by Crippen LogP contribution is 2.41. The zero-order valence-electron chi connectivity index (χ0n) is 9.90. The van der Waals surface area contributed by atoms with Crippen LogP contribution in [0, 0.1) is 0 Å². The van der Waals surface area contributed by atoms with E-state index in [1.54, 1.807) is 24.3 Å². The molecule has 0 saturated carbocycles. The first-order chi connectivity index (χ1) is 9.02. The number of halogens is 2. The molecule has 1 aliphatic heterocycles. The molecule has 3 rings (SSSR count). The smallest absolute Gasteiger partial charge is 0.399 e. The third-order valence-corrected chi connectivity index (χ3v) is 2.85. The Labute approximate surface area is 108 Å². The van der Waals surface area contributed by atoms with Crippen LogP contribution in [0.15, 0.2) is 42.5 Å². The fourth-order valence-electron chi connectivity index (χ4n) is 1.97. The van der Waals surface area contributed by atoms with Crippen LogP contribution < -0.4 is 15.2 Å². The normalized spacial score (nSPS) is 15.5. The van der Waals surface area contributed by atoms with Crippen molar-refractivity contribution in [3.05, 3.63) is 53.6 Å². The SMILES string of the molecule is Nc1ccc(Cc2ccc3c(c2)OC(F)(F)O3)cc1. The summed E-state index contributed by atoms with van der Waals surface area (Å²) in [5.74, 6) is 0.129. The van der Waals surface area contributed by atoms with Gasteiger partial charge >= 0.3 is 6.29 Å². The van der Waals surface area contributed by atoms with Crippen molar-refractivity contribution in [1.29, 1.82) is 0 Å². The van der Waals surface area contributed by atoms with Crippen molar-refractivity contribution in [3.63, 3.8) is 0 Å². The second kappa shape index (κ2) is 4.12. The van der Waals surface area contributed by atoms with Gasteiger partial charge in [-0.3, -0.25) is 0 Å². The van der Waals surface area contributed by atoms with Crippen LogP contribution >= 0.6 is 0 Å². The average Bonchev–Trinajstić information content (AvgIpc) is 2.65. The van der Waals surface area contributed by atoms with Crippen LogP contribution in [0.25, 0.3) is 0 Å². The maximum absolute atomic E-state index is 12.9. The molecule has 0 amide bonds. The maximum atomic E-state index is 12.9. The van der Waals surface area contributed by atoms with Gasteiger partial charge in [0.1, 0.15) is 0 Å². The van der Waals surface area contributed by atoms with Gasteiger partial charge in [0.15, 0.2) is 11.5 Å². The molecular formula is C14H11F2NO2. The third kappa shape index (κ3) is 2.45. The van der Waals surface area contributed by atoms with Crippen molar-refractivity contribution in [2.24, 2.45) is 0 Å². The minimum Gasteiger partial charge on any atom is -0.399 e. The summed E-state index contributed by atoms with van der Waals surface area (Å²) in [6, 6.07) is 12.2. The molecule has 0 atom stereocenters. The van der Waals surface area contributed by atoms with Crippen molar-refractivity contribution < 1.29 is 18.3 Å². The summed E-state index contributed by atoms with van der Waals surface area (Å²) in [5.41, 5.74) is 8.20. The number of hydrogen-bond acceptors (Lipinski definition) is 3. The van der Waals surface area contributed by atoms with Gasteiger partial charge in [-0.2, -0.15) is 0 Å². The molecule has 0 bridgehead atoms. The highest BCUT2D eigenvalue weighted by Gasteiger charge is 2.43. The van der Waals surface area contributed by atoms with E-state index in [4.69, 9.17) is 5.73 Å². The van der Waals surface area contributed by atoms with E-state index in [0.717, 1.165) is 11.1 Å². The number of fused-ring (bicyclic) bond motifs is 1. The highest BCUT2D eigenvalue weighted by atomic mass is 19.3. The van der Waals surface area contributed by atoms with Gasteiger partial charge in [0.2, 0.25) is 0 Å². The number of alkyl halides is 2. The van der Waals surface area contributed by atoms with E-state index in [9.17, 15) is 8.78 Å². The van der Waals surface area contributed by atoms with E-state index >= 15 is 0 Å². The monoisotopic (exact) mass is 263 g/mol. The molecule has 5 heteroatoms. The standard InChI is InChI=1S/C14H11F2NO2/c15-14(16)18-12-6-3-10(8-13(12)19-14)7-9-1-4-11(17)5-2-9/h1-6,8H,7,17H2. The second-order valence-electron chi connectivity index (χ2n) is 4.37. The summed E-state index contributed by atoms with van der Waals surface area (Å²) in [7, 11) is 0. The predicted molar refractivity (Wildman–Crippen MR) is 66.3 cm³/mol. The summed E-state index contributed by atoms with van der Waals surface area (Å²) in [5, 5.41) is 0. The Kier molecular flexibility index (Phi) is 2.55. The molecule has 2 aromatic rings. The van der Waals surface area contributed by atoms with Crippen LogP contribution in [0.3, 0.4) is 0 Å². The summed E-state index contributed by atoms with van der Waals surface area (Å²) in [6.07, 6.45) is -2.95. The molecule has 98 valence electrons. The fourth-order valence-corrected chi connectivity index (χ4v) is 1.97. The van der Waals surface area contributed by atoms with Gasteiger partial charge in [-0.25, -0.2) is 0 Å². The molecule has 0 aliphatic carbocycles. The minimum absolute atomic E-state index is 0.0612. The van der Waals surface area contributed by atoms with E-state index in [-0.39, 0.29) is 11.5 Å². The Hall–Kier alpha value is -2.30. The Morgan fingerprint density at radius 2 is 1.53 bits per heavy atom. The molecule has 2 N–H and O–H groups in total. The van der Waals surface area contributed by atoms with Gasteiger partial charge in [-0.1, -0.05) is 18.2 Å². The molecule has 1 aliphatic rings. The fraction of sp³-hybridized carbons (Fsp3) is 0.143. The second-order valence-corrected chi connectivity index (χ2v) is 4.37. The number of nitrogens with two attached hydrogens (primary N) is 1. The zero-order chi connectivity index (χ0) is 13.5. The molecule has 19 heavy (non-hydrogen) atoms. The third-order valence-electron chi connectivity index (χ3n) is 2.85. The van der Waals surface area contributed by atoms with E-state index < -0.39 is 6.29 Å². The molecule has 2 aromatic carbocycles. The van der Waals surface area contributed by atoms with Crippen LogP contribution in [-0.4, -0.2) is 6.29 Å². The Balaban J connectivity index is 1.82. The lowest BCUT2D eigenvalue weighted by Crippen LogP contribution is -2.25. The summed E-state index contributed by atoms with van der Waals surface area (Å²) in [4.78, 5) is 0. The van der Waals surface area contributed by atoms with E-state index in [1.807, 2.05) is 12.1 Å². The van der Waals surface area contributed by atoms with E-state index in [1.165, 1.54) is 6.07 Å². The van der Waals surface area contributed by atoms with Crippen molar-refractivity contribution in [1.82, 2.24) is 0 Å². The van der Waals surface area contributed by atoms with Crippen molar-refractivity contribution in [2.75, 3.05) is 5.73 Å². The van der Waals surface area contributed by atoms with Crippen LogP contribution in [-0.2, 0) is 6.42 Å². The number of nitrogen functional groups attached to an aromatic ring is 1. The van der Waals surface area contributed by atoms with Crippen LogP contribution in [0.1, 0.15) is 11.1 Å². The average molecular weight is 263 g/mol. The largest absolute Gasteiger partial charge is 0.586 e. The van der Waals surface area contributed by atoms with E-state index in [2.05, 4.69) is 9.47 Å². The number of hydrogen-bond donors (Lipinski definition) is 1. The van der Waals surface area contributed by atoms with Gasteiger partial charge in [0.25, 0.3) is 0 Å². The first-order valence-electron chi connectivity index (χ1n) is 5.75. The Morgan fingerprint density at radius 1 is 0.895 bits per heavy atom. The molecular weight excluding hydrogens is 252 g/mol. The quantitative estimate of drug-likeness (QED) is 0.846. The lowest BCUT2D eigenvalue weighted by molar-refractivity contribution is -0.286. The van der Waals surface area contributed by atoms with Gasteiger partial charge < -0.3 is 15.2 Å². The summed E-state index contributed by atoms with van der Waals surface area (Å²) in [6.45, 7) is 0. The molecule has 0 unspecified atom stereocenters. The van der Waals surface area contributed by atoms with Crippen LogP contribution in [0.2, 0.25) is 0 Å². The molecule has 0 saturated heterocycles. The Bertz CT molecular complexity index is 611. The first-order valence-corrected chi connectivity index (χ1v) is 5.75. The summed E-state index contributed by atoms with van der Waals surface area (Å²) >= 11 is 0. The van der Waals surface area contributed by atoms with Gasteiger partial charge in [-0.05, 0) is 41.8 Å². The van der Waals surface area contributed by atoms with Crippen LogP contribution in [0.4, 0.5) is 14.5 Å². The number of rotatable bonds is 2. The first kappa shape index (κ1) is 11.8. The molecule has 0 aromatic heterocycles. The molecule has 0 spiro atoms. The number of anilines is 1.